The van der Waals surface area contributed by atoms with Crippen LogP contribution in [0.2, 0.25) is 0 Å². The van der Waals surface area contributed by atoms with Gasteiger partial charge in [-0.05, 0) is 38.6 Å². The molecule has 3 nitrogen and oxygen atoms in total. The van der Waals surface area contributed by atoms with Crippen LogP contribution in [0.1, 0.15) is 18.1 Å². The summed E-state index contributed by atoms with van der Waals surface area (Å²) in [5.74, 6) is 0. The number of hydrogen-bond acceptors (Lipinski definition) is 3. The van der Waals surface area contributed by atoms with Crippen molar-refractivity contribution in [2.45, 2.75) is 20.4 Å². The maximum absolute atomic E-state index is 4.23. The van der Waals surface area contributed by atoms with E-state index in [1.54, 1.807) is 0 Å². The zero-order valence-electron chi connectivity index (χ0n) is 11.9. The molecule has 2 rings (SSSR count). The largest absolute Gasteiger partial charge is 0.341 e. The van der Waals surface area contributed by atoms with Gasteiger partial charge in [0.15, 0.2) is 0 Å². The lowest BCUT2D eigenvalue weighted by Crippen LogP contribution is -2.20. The summed E-state index contributed by atoms with van der Waals surface area (Å²) in [7, 11) is 1.96. The SMILES string of the molecule is CCN(c1ccccc1C)c1ccncc1CNC. The number of aryl methyl sites for hydroxylation is 1. The van der Waals surface area contributed by atoms with Crippen LogP contribution in [0.4, 0.5) is 11.4 Å². The summed E-state index contributed by atoms with van der Waals surface area (Å²) >= 11 is 0. The van der Waals surface area contributed by atoms with Gasteiger partial charge in [-0.15, -0.1) is 0 Å². The number of benzene rings is 1. The fourth-order valence-electron chi connectivity index (χ4n) is 2.35. The van der Waals surface area contributed by atoms with Crippen molar-refractivity contribution in [2.24, 2.45) is 0 Å². The van der Waals surface area contributed by atoms with Gasteiger partial charge < -0.3 is 10.2 Å². The molecule has 19 heavy (non-hydrogen) atoms. The highest BCUT2D eigenvalue weighted by molar-refractivity contribution is 5.68. The molecule has 2 aromatic rings. The third-order valence-corrected chi connectivity index (χ3v) is 3.26. The molecule has 0 aliphatic rings. The monoisotopic (exact) mass is 255 g/mol. The van der Waals surface area contributed by atoms with E-state index in [4.69, 9.17) is 0 Å². The van der Waals surface area contributed by atoms with Crippen LogP contribution in [0.15, 0.2) is 42.7 Å². The van der Waals surface area contributed by atoms with Crippen molar-refractivity contribution >= 4 is 11.4 Å². The van der Waals surface area contributed by atoms with Crippen LogP contribution in [0.5, 0.6) is 0 Å². The molecule has 0 amide bonds. The number of rotatable bonds is 5. The van der Waals surface area contributed by atoms with Gasteiger partial charge in [0.25, 0.3) is 0 Å². The van der Waals surface area contributed by atoms with Crippen molar-refractivity contribution < 1.29 is 0 Å². The van der Waals surface area contributed by atoms with Crippen LogP contribution in [0.25, 0.3) is 0 Å². The molecule has 0 aliphatic heterocycles. The Hall–Kier alpha value is -1.87. The van der Waals surface area contributed by atoms with Crippen molar-refractivity contribution in [3.05, 3.63) is 53.9 Å². The van der Waals surface area contributed by atoms with Gasteiger partial charge in [0.2, 0.25) is 0 Å². The van der Waals surface area contributed by atoms with Gasteiger partial charge in [0, 0.05) is 42.4 Å². The summed E-state index contributed by atoms with van der Waals surface area (Å²) in [5, 5.41) is 3.20. The van der Waals surface area contributed by atoms with Gasteiger partial charge in [-0.1, -0.05) is 18.2 Å². The second-order valence-electron chi connectivity index (χ2n) is 4.57. The highest BCUT2D eigenvalue weighted by Gasteiger charge is 2.12. The van der Waals surface area contributed by atoms with Crippen molar-refractivity contribution in [1.29, 1.82) is 0 Å². The van der Waals surface area contributed by atoms with Gasteiger partial charge in [-0.2, -0.15) is 0 Å². The van der Waals surface area contributed by atoms with Crippen molar-refractivity contribution in [2.75, 3.05) is 18.5 Å². The standard InChI is InChI=1S/C16H21N3/c1-4-19(15-8-6-5-7-13(15)2)16-9-10-18-12-14(16)11-17-3/h5-10,12,17H,4,11H2,1-3H3. The third-order valence-electron chi connectivity index (χ3n) is 3.26. The molecular formula is C16H21N3. The van der Waals surface area contributed by atoms with Gasteiger partial charge in [0.1, 0.15) is 0 Å². The smallest absolute Gasteiger partial charge is 0.0487 e. The number of nitrogens with zero attached hydrogens (tertiary/aromatic N) is 2. The molecule has 0 fully saturated rings. The van der Waals surface area contributed by atoms with Crippen molar-refractivity contribution in [1.82, 2.24) is 10.3 Å². The minimum Gasteiger partial charge on any atom is -0.341 e. The molecular weight excluding hydrogens is 234 g/mol. The van der Waals surface area contributed by atoms with Crippen LogP contribution < -0.4 is 10.2 Å². The van der Waals surface area contributed by atoms with Crippen LogP contribution >= 0.6 is 0 Å². The van der Waals surface area contributed by atoms with E-state index >= 15 is 0 Å². The van der Waals surface area contributed by atoms with E-state index in [0.29, 0.717) is 0 Å². The molecule has 100 valence electrons. The Morgan fingerprint density at radius 3 is 2.63 bits per heavy atom. The predicted molar refractivity (Wildman–Crippen MR) is 80.9 cm³/mol. The Morgan fingerprint density at radius 2 is 1.95 bits per heavy atom. The molecule has 1 heterocycles. The molecule has 0 radical (unpaired) electrons. The number of nitrogens with one attached hydrogen (secondary N) is 1. The molecule has 0 unspecified atom stereocenters. The topological polar surface area (TPSA) is 28.2 Å². The van der Waals surface area contributed by atoms with Crippen LogP contribution in [0, 0.1) is 6.92 Å². The van der Waals surface area contributed by atoms with Gasteiger partial charge >= 0.3 is 0 Å². The summed E-state index contributed by atoms with van der Waals surface area (Å²) in [6.45, 7) is 6.09. The molecule has 0 spiro atoms. The molecule has 0 saturated heterocycles. The van der Waals surface area contributed by atoms with Gasteiger partial charge in [-0.25, -0.2) is 0 Å². The average Bonchev–Trinajstić information content (AvgIpc) is 2.44. The van der Waals surface area contributed by atoms with E-state index in [-0.39, 0.29) is 0 Å². The van der Waals surface area contributed by atoms with Crippen LogP contribution in [-0.4, -0.2) is 18.6 Å². The Morgan fingerprint density at radius 1 is 1.16 bits per heavy atom. The highest BCUT2D eigenvalue weighted by atomic mass is 15.1. The highest BCUT2D eigenvalue weighted by Crippen LogP contribution is 2.30. The summed E-state index contributed by atoms with van der Waals surface area (Å²) in [6, 6.07) is 10.6. The molecule has 0 aliphatic carbocycles. The van der Waals surface area contributed by atoms with Crippen molar-refractivity contribution in [3.8, 4) is 0 Å². The maximum atomic E-state index is 4.23. The van der Waals surface area contributed by atoms with E-state index in [0.717, 1.165) is 13.1 Å². The first-order valence-electron chi connectivity index (χ1n) is 6.68. The van der Waals surface area contributed by atoms with Gasteiger partial charge in [-0.3, -0.25) is 4.98 Å². The van der Waals surface area contributed by atoms with Crippen molar-refractivity contribution in [3.63, 3.8) is 0 Å². The van der Waals surface area contributed by atoms with E-state index in [1.807, 2.05) is 19.4 Å². The summed E-state index contributed by atoms with van der Waals surface area (Å²) < 4.78 is 0. The minimum atomic E-state index is 0.825. The van der Waals surface area contributed by atoms with E-state index in [1.165, 1.54) is 22.5 Å². The normalized spacial score (nSPS) is 10.5. The summed E-state index contributed by atoms with van der Waals surface area (Å²) in [6.07, 6.45) is 3.79. The lowest BCUT2D eigenvalue weighted by molar-refractivity contribution is 0.807. The Bertz CT molecular complexity index is 537. The fourth-order valence-corrected chi connectivity index (χ4v) is 2.35. The fraction of sp³-hybridized carbons (Fsp3) is 0.312. The molecule has 3 heteroatoms. The minimum absolute atomic E-state index is 0.825. The first kappa shape index (κ1) is 13.6. The molecule has 1 aromatic heterocycles. The zero-order valence-corrected chi connectivity index (χ0v) is 11.9. The van der Waals surface area contributed by atoms with E-state index in [9.17, 15) is 0 Å². The number of aromatic nitrogens is 1. The third kappa shape index (κ3) is 2.93. The summed E-state index contributed by atoms with van der Waals surface area (Å²) in [4.78, 5) is 6.57. The van der Waals surface area contributed by atoms with Crippen LogP contribution in [0.3, 0.4) is 0 Å². The second kappa shape index (κ2) is 6.34. The molecule has 0 atom stereocenters. The molecule has 1 N–H and O–H groups in total. The quantitative estimate of drug-likeness (QED) is 0.888. The Kier molecular flexibility index (Phi) is 4.53. The maximum Gasteiger partial charge on any atom is 0.0487 e. The predicted octanol–water partition coefficient (Wildman–Crippen LogP) is 3.27. The number of pyridine rings is 1. The average molecular weight is 255 g/mol. The zero-order chi connectivity index (χ0) is 13.7. The molecule has 0 saturated carbocycles. The number of para-hydroxylation sites is 1. The first-order chi connectivity index (χ1) is 9.27. The second-order valence-corrected chi connectivity index (χ2v) is 4.57. The first-order valence-corrected chi connectivity index (χ1v) is 6.68. The lowest BCUT2D eigenvalue weighted by Gasteiger charge is -2.27. The Balaban J connectivity index is 2.45. The van der Waals surface area contributed by atoms with Crippen LogP contribution in [-0.2, 0) is 6.54 Å². The summed E-state index contributed by atoms with van der Waals surface area (Å²) in [5.41, 5.74) is 4.99. The lowest BCUT2D eigenvalue weighted by atomic mass is 10.1. The number of hydrogen-bond donors (Lipinski definition) is 1. The number of anilines is 2. The van der Waals surface area contributed by atoms with Gasteiger partial charge in [0.05, 0.1) is 0 Å². The molecule has 0 bridgehead atoms. The molecule has 1 aromatic carbocycles. The van der Waals surface area contributed by atoms with E-state index < -0.39 is 0 Å². The van der Waals surface area contributed by atoms with E-state index in [2.05, 4.69) is 59.4 Å². The Labute approximate surface area is 115 Å².